The van der Waals surface area contributed by atoms with E-state index in [0.717, 1.165) is 36.9 Å². The summed E-state index contributed by atoms with van der Waals surface area (Å²) < 4.78 is 6.69. The number of methoxy groups -OCH3 is 1. The zero-order chi connectivity index (χ0) is 14.9. The van der Waals surface area contributed by atoms with E-state index in [1.54, 1.807) is 4.68 Å². The van der Waals surface area contributed by atoms with E-state index in [1.807, 2.05) is 21.0 Å². The molecule has 0 bridgehead atoms. The van der Waals surface area contributed by atoms with E-state index in [4.69, 9.17) is 16.3 Å². The highest BCUT2D eigenvalue weighted by atomic mass is 35.5. The van der Waals surface area contributed by atoms with Gasteiger partial charge in [0.15, 0.2) is 0 Å². The number of halogens is 1. The Morgan fingerprint density at radius 3 is 2.55 bits per heavy atom. The van der Waals surface area contributed by atoms with Crippen molar-refractivity contribution < 1.29 is 9.53 Å². The largest absolute Gasteiger partial charge is 0.468 e. The van der Waals surface area contributed by atoms with Gasteiger partial charge in [-0.2, -0.15) is 5.10 Å². The third-order valence-electron chi connectivity index (χ3n) is 4.39. The van der Waals surface area contributed by atoms with Crippen LogP contribution in [-0.2, 0) is 23.1 Å². The van der Waals surface area contributed by atoms with Crippen molar-refractivity contribution in [3.05, 3.63) is 16.4 Å². The number of nitrogens with zero attached hydrogens (tertiary/aromatic N) is 3. The third-order valence-corrected chi connectivity index (χ3v) is 4.86. The molecule has 1 aromatic heterocycles. The second kappa shape index (κ2) is 5.74. The third kappa shape index (κ3) is 2.44. The molecule has 1 saturated carbocycles. The first kappa shape index (κ1) is 15.3. The summed E-state index contributed by atoms with van der Waals surface area (Å²) in [6.45, 7) is 2.54. The predicted molar refractivity (Wildman–Crippen MR) is 77.6 cm³/mol. The molecule has 112 valence electrons. The molecule has 20 heavy (non-hydrogen) atoms. The fourth-order valence-corrected chi connectivity index (χ4v) is 3.37. The zero-order valence-electron chi connectivity index (χ0n) is 12.6. The van der Waals surface area contributed by atoms with Crippen LogP contribution in [0, 0.1) is 6.92 Å². The fraction of sp³-hybridized carbons (Fsp3) is 0.714. The molecule has 2 rings (SSSR count). The SMILES string of the molecule is COC(=O)C1(N(C)Cc2c(C)nn(C)c2Cl)CCCC1. The topological polar surface area (TPSA) is 47.4 Å². The van der Waals surface area contributed by atoms with Crippen LogP contribution < -0.4 is 0 Å². The van der Waals surface area contributed by atoms with Gasteiger partial charge in [0, 0.05) is 19.2 Å². The van der Waals surface area contributed by atoms with Gasteiger partial charge in [-0.1, -0.05) is 24.4 Å². The summed E-state index contributed by atoms with van der Waals surface area (Å²) >= 11 is 6.28. The number of hydrogen-bond donors (Lipinski definition) is 0. The first-order valence-electron chi connectivity index (χ1n) is 6.90. The minimum atomic E-state index is -0.514. The average molecular weight is 300 g/mol. The lowest BCUT2D eigenvalue weighted by molar-refractivity contribution is -0.154. The highest BCUT2D eigenvalue weighted by Crippen LogP contribution is 2.37. The van der Waals surface area contributed by atoms with Crippen molar-refractivity contribution in [3.63, 3.8) is 0 Å². The lowest BCUT2D eigenvalue weighted by Crippen LogP contribution is -2.51. The molecule has 1 fully saturated rings. The maximum Gasteiger partial charge on any atom is 0.326 e. The van der Waals surface area contributed by atoms with Crippen LogP contribution in [0.25, 0.3) is 0 Å². The van der Waals surface area contributed by atoms with Crippen molar-refractivity contribution in [2.45, 2.75) is 44.7 Å². The van der Waals surface area contributed by atoms with Crippen LogP contribution in [0.2, 0.25) is 5.15 Å². The van der Waals surface area contributed by atoms with Crippen molar-refractivity contribution in [3.8, 4) is 0 Å². The monoisotopic (exact) mass is 299 g/mol. The van der Waals surface area contributed by atoms with Crippen molar-refractivity contribution in [2.75, 3.05) is 14.2 Å². The van der Waals surface area contributed by atoms with E-state index in [2.05, 4.69) is 10.00 Å². The van der Waals surface area contributed by atoms with Crippen LogP contribution in [0.5, 0.6) is 0 Å². The van der Waals surface area contributed by atoms with Gasteiger partial charge in [-0.25, -0.2) is 0 Å². The van der Waals surface area contributed by atoms with Crippen LogP contribution in [0.1, 0.15) is 36.9 Å². The summed E-state index contributed by atoms with van der Waals surface area (Å²) in [6, 6.07) is 0. The van der Waals surface area contributed by atoms with E-state index in [9.17, 15) is 4.79 Å². The molecule has 1 aromatic rings. The molecule has 0 radical (unpaired) electrons. The van der Waals surface area contributed by atoms with E-state index in [0.29, 0.717) is 11.7 Å². The van der Waals surface area contributed by atoms with E-state index in [1.165, 1.54) is 7.11 Å². The summed E-state index contributed by atoms with van der Waals surface area (Å²) in [7, 11) is 5.24. The number of ether oxygens (including phenoxy) is 1. The highest BCUT2D eigenvalue weighted by Gasteiger charge is 2.46. The van der Waals surface area contributed by atoms with Gasteiger partial charge < -0.3 is 4.74 Å². The predicted octanol–water partition coefficient (Wildman–Crippen LogP) is 2.30. The van der Waals surface area contributed by atoms with Crippen molar-refractivity contribution >= 4 is 17.6 Å². The van der Waals surface area contributed by atoms with Gasteiger partial charge in [0.2, 0.25) is 0 Å². The van der Waals surface area contributed by atoms with E-state index >= 15 is 0 Å². The number of rotatable bonds is 4. The van der Waals surface area contributed by atoms with Gasteiger partial charge >= 0.3 is 5.97 Å². The first-order chi connectivity index (χ1) is 9.42. The number of aryl methyl sites for hydroxylation is 2. The molecule has 1 heterocycles. The number of esters is 1. The van der Waals surface area contributed by atoms with Crippen LogP contribution >= 0.6 is 11.6 Å². The Morgan fingerprint density at radius 1 is 1.50 bits per heavy atom. The molecule has 0 aliphatic heterocycles. The molecule has 6 heteroatoms. The van der Waals surface area contributed by atoms with Gasteiger partial charge in [0.25, 0.3) is 0 Å². The fourth-order valence-electron chi connectivity index (χ4n) is 3.13. The van der Waals surface area contributed by atoms with Gasteiger partial charge in [-0.05, 0) is 26.8 Å². The second-order valence-corrected chi connectivity index (χ2v) is 5.92. The lowest BCUT2D eigenvalue weighted by Gasteiger charge is -2.36. The number of aromatic nitrogens is 2. The van der Waals surface area contributed by atoms with Crippen molar-refractivity contribution in [1.82, 2.24) is 14.7 Å². The maximum atomic E-state index is 12.2. The van der Waals surface area contributed by atoms with Crippen LogP contribution in [0.3, 0.4) is 0 Å². The molecule has 1 aliphatic carbocycles. The quantitative estimate of drug-likeness (QED) is 0.801. The van der Waals surface area contributed by atoms with Crippen molar-refractivity contribution in [2.24, 2.45) is 7.05 Å². The Balaban J connectivity index is 2.25. The zero-order valence-corrected chi connectivity index (χ0v) is 13.3. The molecule has 0 unspecified atom stereocenters. The van der Waals surface area contributed by atoms with Gasteiger partial charge in [-0.3, -0.25) is 14.4 Å². The summed E-state index contributed by atoms with van der Waals surface area (Å²) in [5, 5.41) is 4.95. The Morgan fingerprint density at radius 2 is 2.10 bits per heavy atom. The number of carbonyl (C=O) groups excluding carboxylic acids is 1. The smallest absolute Gasteiger partial charge is 0.326 e. The number of carbonyl (C=O) groups is 1. The highest BCUT2D eigenvalue weighted by molar-refractivity contribution is 6.30. The second-order valence-electron chi connectivity index (χ2n) is 5.56. The molecular formula is C14H22ClN3O2. The minimum absolute atomic E-state index is 0.143. The molecule has 1 aliphatic rings. The molecule has 0 amide bonds. The van der Waals surface area contributed by atoms with E-state index in [-0.39, 0.29) is 5.97 Å². The Labute approximate surface area is 124 Å². The van der Waals surface area contributed by atoms with Crippen LogP contribution in [0.15, 0.2) is 0 Å². The maximum absolute atomic E-state index is 12.2. The summed E-state index contributed by atoms with van der Waals surface area (Å²) in [4.78, 5) is 14.3. The number of hydrogen-bond acceptors (Lipinski definition) is 4. The summed E-state index contributed by atoms with van der Waals surface area (Å²) in [5.74, 6) is -0.143. The molecule has 5 nitrogen and oxygen atoms in total. The van der Waals surface area contributed by atoms with Crippen molar-refractivity contribution in [1.29, 1.82) is 0 Å². The normalized spacial score (nSPS) is 17.7. The van der Waals surface area contributed by atoms with Crippen LogP contribution in [-0.4, -0.2) is 40.3 Å². The van der Waals surface area contributed by atoms with Gasteiger partial charge in [0.05, 0.1) is 12.8 Å². The van der Waals surface area contributed by atoms with Crippen LogP contribution in [0.4, 0.5) is 0 Å². The van der Waals surface area contributed by atoms with E-state index < -0.39 is 5.54 Å². The molecule has 0 spiro atoms. The van der Waals surface area contributed by atoms with Gasteiger partial charge in [-0.15, -0.1) is 0 Å². The first-order valence-corrected chi connectivity index (χ1v) is 7.28. The lowest BCUT2D eigenvalue weighted by atomic mass is 9.95. The Bertz CT molecular complexity index is 507. The molecule has 0 saturated heterocycles. The Kier molecular flexibility index (Phi) is 4.39. The number of likely N-dealkylation sites (N-methyl/N-ethyl adjacent to an activating group) is 1. The van der Waals surface area contributed by atoms with Gasteiger partial charge in [0.1, 0.15) is 10.7 Å². The molecule has 0 atom stereocenters. The molecular weight excluding hydrogens is 278 g/mol. The molecule has 0 N–H and O–H groups in total. The molecule has 0 aromatic carbocycles. The standard InChI is InChI=1S/C14H22ClN3O2/c1-10-11(12(15)18(3)16-10)9-17(2)14(13(19)20-4)7-5-6-8-14/h5-9H2,1-4H3. The summed E-state index contributed by atoms with van der Waals surface area (Å²) in [5.41, 5.74) is 1.37. The average Bonchev–Trinajstić information content (AvgIpc) is 3.00. The summed E-state index contributed by atoms with van der Waals surface area (Å²) in [6.07, 6.45) is 3.79. The minimum Gasteiger partial charge on any atom is -0.468 e. The Hall–Kier alpha value is -1.07.